The first kappa shape index (κ1) is 11.0. The Labute approximate surface area is 116 Å². The number of halogens is 2. The molecule has 0 unspecified atom stereocenters. The van der Waals surface area contributed by atoms with Crippen LogP contribution in [0.2, 0.25) is 5.02 Å². The molecule has 1 N–H and O–H groups in total. The van der Waals surface area contributed by atoms with E-state index in [-0.39, 0.29) is 0 Å². The van der Waals surface area contributed by atoms with Crippen LogP contribution in [0.3, 0.4) is 0 Å². The third-order valence-electron chi connectivity index (χ3n) is 2.59. The van der Waals surface area contributed by atoms with Crippen LogP contribution < -0.4 is 5.49 Å². The van der Waals surface area contributed by atoms with Gasteiger partial charge in [0, 0.05) is 9.77 Å². The van der Waals surface area contributed by atoms with Crippen LogP contribution in [0.5, 0.6) is 0 Å². The summed E-state index contributed by atoms with van der Waals surface area (Å²) in [7, 11) is 0. The fourth-order valence-corrected chi connectivity index (χ4v) is 2.94. The average Bonchev–Trinajstić information content (AvgIpc) is 2.28. The highest BCUT2D eigenvalue weighted by Gasteiger charge is 2.07. The number of pyridine rings is 1. The normalized spacial score (nSPS) is 11.2. The summed E-state index contributed by atoms with van der Waals surface area (Å²) in [4.78, 5) is 4.51. The molecule has 3 aromatic rings. The minimum absolute atomic E-state index is 0.368. The molecule has 0 bridgehead atoms. The van der Waals surface area contributed by atoms with Gasteiger partial charge in [-0.3, -0.25) is 9.81 Å². The minimum atomic E-state index is 0.368. The summed E-state index contributed by atoms with van der Waals surface area (Å²) in [5, 5.41) is 9.44. The molecule has 3 nitrogen and oxygen atoms in total. The van der Waals surface area contributed by atoms with Gasteiger partial charge in [0.15, 0.2) is 0 Å². The quantitative estimate of drug-likeness (QED) is 0.488. The third kappa shape index (κ3) is 1.71. The first-order chi connectivity index (χ1) is 8.16. The maximum Gasteiger partial charge on any atom is 0.141 e. The molecule has 0 amide bonds. The minimum Gasteiger partial charge on any atom is -0.286 e. The predicted octanol–water partition coefficient (Wildman–Crippen LogP) is 3.22. The van der Waals surface area contributed by atoms with Crippen LogP contribution in [0, 0.1) is 8.98 Å². The second-order valence-corrected chi connectivity index (χ2v) is 5.32. The Morgan fingerprint density at radius 3 is 2.94 bits per heavy atom. The van der Waals surface area contributed by atoms with E-state index in [9.17, 15) is 0 Å². The highest BCUT2D eigenvalue weighted by molar-refractivity contribution is 14.1. The number of rotatable bonds is 0. The zero-order valence-electron chi connectivity index (χ0n) is 8.61. The molecule has 0 saturated heterocycles. The fraction of sp³-hybridized carbons (Fsp3) is 0. The molecular formula is C12H7ClIN3. The summed E-state index contributed by atoms with van der Waals surface area (Å²) >= 11 is 8.39. The summed E-state index contributed by atoms with van der Waals surface area (Å²) in [6.07, 6.45) is 1.82. The van der Waals surface area contributed by atoms with Crippen LogP contribution in [-0.2, 0) is 0 Å². The van der Waals surface area contributed by atoms with Crippen molar-refractivity contribution >= 4 is 50.7 Å². The summed E-state index contributed by atoms with van der Waals surface area (Å²) in [6.45, 7) is 0. The van der Waals surface area contributed by atoms with E-state index < -0.39 is 0 Å². The molecule has 0 spiro atoms. The highest BCUT2D eigenvalue weighted by atomic mass is 127. The van der Waals surface area contributed by atoms with Gasteiger partial charge in [-0.05, 0) is 46.9 Å². The summed E-state index contributed by atoms with van der Waals surface area (Å²) < 4.78 is 2.74. The fourth-order valence-electron chi connectivity index (χ4n) is 1.84. The molecule has 2 aromatic heterocycles. The molecule has 0 aliphatic heterocycles. The van der Waals surface area contributed by atoms with Crippen molar-refractivity contribution in [2.24, 2.45) is 0 Å². The van der Waals surface area contributed by atoms with Crippen molar-refractivity contribution < 1.29 is 0 Å². The molecule has 2 heterocycles. The van der Waals surface area contributed by atoms with E-state index in [4.69, 9.17) is 17.0 Å². The second kappa shape index (κ2) is 3.96. The molecule has 0 saturated carbocycles. The molecule has 17 heavy (non-hydrogen) atoms. The zero-order chi connectivity index (χ0) is 12.0. The number of fused-ring (bicyclic) bond motifs is 2. The van der Waals surface area contributed by atoms with E-state index in [1.54, 1.807) is 4.40 Å². The maximum absolute atomic E-state index is 8.18. The Hall–Kier alpha value is -1.14. The van der Waals surface area contributed by atoms with Gasteiger partial charge < -0.3 is 0 Å². The Kier molecular flexibility index (Phi) is 2.56. The molecule has 0 aliphatic carbocycles. The Bertz CT molecular complexity index is 795. The first-order valence-corrected chi connectivity index (χ1v) is 6.43. The maximum atomic E-state index is 8.18. The number of hydrogen-bond donors (Lipinski definition) is 1. The Morgan fingerprint density at radius 2 is 2.12 bits per heavy atom. The van der Waals surface area contributed by atoms with Crippen molar-refractivity contribution in [3.05, 3.63) is 50.6 Å². The van der Waals surface area contributed by atoms with Crippen molar-refractivity contribution in [1.29, 1.82) is 5.41 Å². The van der Waals surface area contributed by atoms with Crippen molar-refractivity contribution in [2.75, 3.05) is 0 Å². The Morgan fingerprint density at radius 1 is 1.29 bits per heavy atom. The molecule has 1 aromatic carbocycles. The first-order valence-electron chi connectivity index (χ1n) is 4.97. The van der Waals surface area contributed by atoms with E-state index in [1.165, 1.54) is 0 Å². The number of benzene rings is 1. The van der Waals surface area contributed by atoms with Crippen LogP contribution in [0.15, 0.2) is 36.5 Å². The lowest BCUT2D eigenvalue weighted by Crippen LogP contribution is -2.15. The lowest BCUT2D eigenvalue weighted by molar-refractivity contribution is 1.00. The van der Waals surface area contributed by atoms with Gasteiger partial charge in [-0.1, -0.05) is 17.7 Å². The number of hydrogen-bond acceptors (Lipinski definition) is 2. The third-order valence-corrected chi connectivity index (χ3v) is 3.51. The topological polar surface area (TPSA) is 41.2 Å². The number of nitrogens with one attached hydrogen (secondary N) is 1. The van der Waals surface area contributed by atoms with Gasteiger partial charge in [0.25, 0.3) is 0 Å². The van der Waals surface area contributed by atoms with Gasteiger partial charge in [-0.15, -0.1) is 0 Å². The van der Waals surface area contributed by atoms with Crippen molar-refractivity contribution in [3.63, 3.8) is 0 Å². The van der Waals surface area contributed by atoms with Crippen LogP contribution in [0.4, 0.5) is 0 Å². The largest absolute Gasteiger partial charge is 0.286 e. The predicted molar refractivity (Wildman–Crippen MR) is 76.3 cm³/mol. The molecule has 5 heteroatoms. The van der Waals surface area contributed by atoms with Crippen LogP contribution in [-0.4, -0.2) is 9.38 Å². The van der Waals surface area contributed by atoms with Crippen molar-refractivity contribution in [2.45, 2.75) is 0 Å². The van der Waals surface area contributed by atoms with E-state index >= 15 is 0 Å². The monoisotopic (exact) mass is 355 g/mol. The lowest BCUT2D eigenvalue weighted by Gasteiger charge is -2.06. The SMILES string of the molecule is N=c1c2c(Cl)cc(I)cc2nc2ccccn12. The lowest BCUT2D eigenvalue weighted by atomic mass is 10.2. The summed E-state index contributed by atoms with van der Waals surface area (Å²) in [6, 6.07) is 9.44. The van der Waals surface area contributed by atoms with Gasteiger partial charge in [-0.25, -0.2) is 4.98 Å². The van der Waals surface area contributed by atoms with E-state index in [0.717, 1.165) is 14.7 Å². The average molecular weight is 356 g/mol. The van der Waals surface area contributed by atoms with Crippen LogP contribution in [0.1, 0.15) is 0 Å². The standard InChI is InChI=1S/C12H7ClIN3/c13-8-5-7(14)6-9-11(8)12(15)17-4-2-1-3-10(17)16-9/h1-6,15H. The number of aromatic nitrogens is 2. The second-order valence-electron chi connectivity index (χ2n) is 3.67. The molecular weight excluding hydrogens is 349 g/mol. The summed E-state index contributed by atoms with van der Waals surface area (Å²) in [5.41, 5.74) is 1.88. The van der Waals surface area contributed by atoms with Crippen LogP contribution in [0.25, 0.3) is 16.6 Å². The van der Waals surface area contributed by atoms with Crippen molar-refractivity contribution in [1.82, 2.24) is 9.38 Å². The number of nitrogens with zero attached hydrogens (tertiary/aromatic N) is 2. The van der Waals surface area contributed by atoms with E-state index in [2.05, 4.69) is 27.6 Å². The van der Waals surface area contributed by atoms with Gasteiger partial charge in [0.1, 0.15) is 11.1 Å². The van der Waals surface area contributed by atoms with Gasteiger partial charge >= 0.3 is 0 Å². The summed E-state index contributed by atoms with van der Waals surface area (Å²) in [5.74, 6) is 0. The molecule has 0 radical (unpaired) electrons. The van der Waals surface area contributed by atoms with E-state index in [0.29, 0.717) is 15.9 Å². The van der Waals surface area contributed by atoms with Crippen LogP contribution >= 0.6 is 34.2 Å². The Balaban J connectivity index is 2.64. The molecule has 3 rings (SSSR count). The van der Waals surface area contributed by atoms with Gasteiger partial charge in [0.2, 0.25) is 0 Å². The molecule has 84 valence electrons. The molecule has 0 aliphatic rings. The molecule has 0 atom stereocenters. The van der Waals surface area contributed by atoms with E-state index in [1.807, 2.05) is 36.5 Å². The van der Waals surface area contributed by atoms with Crippen molar-refractivity contribution in [3.8, 4) is 0 Å². The highest BCUT2D eigenvalue weighted by Crippen LogP contribution is 2.22. The molecule has 0 fully saturated rings. The van der Waals surface area contributed by atoms with Gasteiger partial charge in [0.05, 0.1) is 15.9 Å². The smallest absolute Gasteiger partial charge is 0.141 e. The van der Waals surface area contributed by atoms with Gasteiger partial charge in [-0.2, -0.15) is 0 Å². The zero-order valence-corrected chi connectivity index (χ0v) is 11.5.